The zero-order chi connectivity index (χ0) is 22.4. The molecule has 0 spiro atoms. The van der Waals surface area contributed by atoms with Gasteiger partial charge in [0, 0.05) is 32.4 Å². The third-order valence-electron chi connectivity index (χ3n) is 5.68. The van der Waals surface area contributed by atoms with Gasteiger partial charge in [-0.1, -0.05) is 60.7 Å². The predicted octanol–water partition coefficient (Wildman–Crippen LogP) is 2.94. The van der Waals surface area contributed by atoms with Gasteiger partial charge in [-0.05, 0) is 30.4 Å². The van der Waals surface area contributed by atoms with Gasteiger partial charge in [-0.2, -0.15) is 4.31 Å². The Hall–Kier alpha value is -2.97. The third-order valence-corrected chi connectivity index (χ3v) is 7.46. The van der Waals surface area contributed by atoms with Crippen LogP contribution in [0.5, 0.6) is 0 Å². The van der Waals surface area contributed by atoms with Crippen LogP contribution in [0.15, 0.2) is 78.2 Å². The van der Waals surface area contributed by atoms with E-state index in [2.05, 4.69) is 17.1 Å². The van der Waals surface area contributed by atoms with Crippen LogP contribution in [0, 0.1) is 0 Å². The Morgan fingerprint density at radius 3 is 2.22 bits per heavy atom. The maximum absolute atomic E-state index is 13.2. The van der Waals surface area contributed by atoms with Crippen molar-refractivity contribution in [1.29, 1.82) is 0 Å². The van der Waals surface area contributed by atoms with E-state index in [-0.39, 0.29) is 17.5 Å². The topological polar surface area (TPSA) is 75.5 Å². The fourth-order valence-electron chi connectivity index (χ4n) is 3.88. The van der Waals surface area contributed by atoms with Gasteiger partial charge >= 0.3 is 0 Å². The lowest BCUT2D eigenvalue weighted by atomic mass is 10.1. The Morgan fingerprint density at radius 1 is 0.938 bits per heavy atom. The molecule has 1 saturated heterocycles. The molecule has 0 unspecified atom stereocenters. The first kappa shape index (κ1) is 22.2. The third kappa shape index (κ3) is 5.44. The molecule has 1 fully saturated rings. The normalized spacial score (nSPS) is 14.5. The summed E-state index contributed by atoms with van der Waals surface area (Å²) in [6.07, 6.45) is 5.38. The molecule has 4 rings (SSSR count). The van der Waals surface area contributed by atoms with Gasteiger partial charge in [0.25, 0.3) is 10.0 Å². The van der Waals surface area contributed by atoms with Gasteiger partial charge in [0.15, 0.2) is 5.03 Å². The minimum absolute atomic E-state index is 0.00564. The van der Waals surface area contributed by atoms with Gasteiger partial charge in [0.05, 0.1) is 6.33 Å². The van der Waals surface area contributed by atoms with E-state index in [0.717, 1.165) is 24.8 Å². The van der Waals surface area contributed by atoms with Crippen LogP contribution in [-0.2, 0) is 34.3 Å². The summed E-state index contributed by atoms with van der Waals surface area (Å²) in [4.78, 5) is 19.1. The fraction of sp³-hybridized carbons (Fsp3) is 0.333. The highest BCUT2D eigenvalue weighted by Crippen LogP contribution is 2.19. The molecule has 8 heteroatoms. The molecule has 0 saturated carbocycles. The van der Waals surface area contributed by atoms with Gasteiger partial charge in [-0.15, -0.1) is 0 Å². The van der Waals surface area contributed by atoms with Crippen molar-refractivity contribution in [2.45, 2.75) is 37.4 Å². The van der Waals surface area contributed by atoms with Gasteiger partial charge in [-0.25, -0.2) is 13.4 Å². The van der Waals surface area contributed by atoms with Crippen LogP contribution in [0.1, 0.15) is 24.0 Å². The average molecular weight is 453 g/mol. The number of hydrogen-bond acceptors (Lipinski definition) is 4. The van der Waals surface area contributed by atoms with Crippen LogP contribution < -0.4 is 0 Å². The van der Waals surface area contributed by atoms with Crippen LogP contribution in [0.25, 0.3) is 0 Å². The van der Waals surface area contributed by atoms with Crippen molar-refractivity contribution in [1.82, 2.24) is 18.8 Å². The lowest BCUT2D eigenvalue weighted by Gasteiger charge is -2.23. The highest BCUT2D eigenvalue weighted by molar-refractivity contribution is 7.89. The first-order valence-corrected chi connectivity index (χ1v) is 12.3. The largest absolute Gasteiger partial charge is 0.336 e. The highest BCUT2D eigenvalue weighted by Gasteiger charge is 2.29. The summed E-state index contributed by atoms with van der Waals surface area (Å²) in [7, 11) is -3.59. The number of amides is 1. The molecule has 1 aliphatic heterocycles. The van der Waals surface area contributed by atoms with Gasteiger partial charge in [0.1, 0.15) is 6.54 Å². The Morgan fingerprint density at radius 2 is 1.56 bits per heavy atom. The molecule has 7 nitrogen and oxygen atoms in total. The highest BCUT2D eigenvalue weighted by atomic mass is 32.2. The number of imidazole rings is 1. The van der Waals surface area contributed by atoms with E-state index in [0.29, 0.717) is 26.2 Å². The molecule has 0 radical (unpaired) electrons. The minimum atomic E-state index is -3.59. The number of carbonyl (C=O) groups is 1. The van der Waals surface area contributed by atoms with E-state index in [1.165, 1.54) is 22.4 Å². The summed E-state index contributed by atoms with van der Waals surface area (Å²) in [5.41, 5.74) is 2.22. The summed E-state index contributed by atoms with van der Waals surface area (Å²) in [6, 6.07) is 19.9. The van der Waals surface area contributed by atoms with E-state index >= 15 is 0 Å². The second kappa shape index (κ2) is 10.1. The van der Waals surface area contributed by atoms with Gasteiger partial charge in [0.2, 0.25) is 5.91 Å². The Balaban J connectivity index is 1.46. The molecule has 0 N–H and O–H groups in total. The van der Waals surface area contributed by atoms with E-state index in [1.54, 1.807) is 4.57 Å². The number of hydrogen-bond donors (Lipinski definition) is 0. The number of rotatable bonds is 9. The maximum Gasteiger partial charge on any atom is 0.262 e. The molecular formula is C24H28N4O3S. The molecule has 3 aromatic rings. The number of carbonyl (C=O) groups excluding carboxylic acids is 1. The monoisotopic (exact) mass is 452 g/mol. The summed E-state index contributed by atoms with van der Waals surface area (Å²) < 4.78 is 28.5. The predicted molar refractivity (Wildman–Crippen MR) is 122 cm³/mol. The van der Waals surface area contributed by atoms with Crippen molar-refractivity contribution >= 4 is 15.9 Å². The van der Waals surface area contributed by atoms with Crippen molar-refractivity contribution < 1.29 is 13.2 Å². The van der Waals surface area contributed by atoms with Crippen molar-refractivity contribution in [3.63, 3.8) is 0 Å². The summed E-state index contributed by atoms with van der Waals surface area (Å²) >= 11 is 0. The molecule has 2 aromatic carbocycles. The molecule has 1 aliphatic rings. The Labute approximate surface area is 189 Å². The fourth-order valence-corrected chi connectivity index (χ4v) is 5.33. The maximum atomic E-state index is 13.2. The lowest BCUT2D eigenvalue weighted by Crippen LogP contribution is -2.35. The van der Waals surface area contributed by atoms with E-state index in [1.807, 2.05) is 53.4 Å². The molecule has 168 valence electrons. The summed E-state index contributed by atoms with van der Waals surface area (Å²) in [5.74, 6) is -0.0766. The zero-order valence-electron chi connectivity index (χ0n) is 18.0. The Bertz CT molecular complexity index is 1120. The van der Waals surface area contributed by atoms with Crippen molar-refractivity contribution in [3.8, 4) is 0 Å². The van der Waals surface area contributed by atoms with Crippen LogP contribution in [-0.4, -0.2) is 52.7 Å². The quantitative estimate of drug-likeness (QED) is 0.500. The SMILES string of the molecule is O=C(Cn1cnc(S(=O)(=O)N2CCCC2)c1)N(CCc1ccccc1)Cc1ccccc1. The van der Waals surface area contributed by atoms with E-state index in [9.17, 15) is 13.2 Å². The van der Waals surface area contributed by atoms with Gasteiger partial charge in [-0.3, -0.25) is 4.79 Å². The molecule has 0 atom stereocenters. The Kier molecular flexibility index (Phi) is 7.02. The van der Waals surface area contributed by atoms with E-state index < -0.39 is 10.0 Å². The lowest BCUT2D eigenvalue weighted by molar-refractivity contribution is -0.132. The van der Waals surface area contributed by atoms with Crippen LogP contribution in [0.2, 0.25) is 0 Å². The first-order valence-electron chi connectivity index (χ1n) is 10.9. The van der Waals surface area contributed by atoms with Crippen LogP contribution in [0.4, 0.5) is 0 Å². The summed E-state index contributed by atoms with van der Waals surface area (Å²) in [5, 5.41) is 0.00564. The minimum Gasteiger partial charge on any atom is -0.336 e. The van der Waals surface area contributed by atoms with Crippen molar-refractivity contribution in [3.05, 3.63) is 84.3 Å². The zero-order valence-corrected chi connectivity index (χ0v) is 18.8. The average Bonchev–Trinajstić information content (AvgIpc) is 3.51. The molecule has 1 amide bonds. The van der Waals surface area contributed by atoms with E-state index in [4.69, 9.17) is 0 Å². The molecule has 1 aromatic heterocycles. The molecule has 2 heterocycles. The van der Waals surface area contributed by atoms with Gasteiger partial charge < -0.3 is 9.47 Å². The number of aromatic nitrogens is 2. The second-order valence-corrected chi connectivity index (χ2v) is 9.92. The second-order valence-electron chi connectivity index (χ2n) is 8.03. The number of benzene rings is 2. The van der Waals surface area contributed by atoms with Crippen LogP contribution >= 0.6 is 0 Å². The van der Waals surface area contributed by atoms with Crippen LogP contribution in [0.3, 0.4) is 0 Å². The smallest absolute Gasteiger partial charge is 0.262 e. The summed E-state index contributed by atoms with van der Waals surface area (Å²) in [6.45, 7) is 2.17. The first-order chi connectivity index (χ1) is 15.5. The van der Waals surface area contributed by atoms with Crippen molar-refractivity contribution in [2.75, 3.05) is 19.6 Å². The molecule has 32 heavy (non-hydrogen) atoms. The molecular weight excluding hydrogens is 424 g/mol. The van der Waals surface area contributed by atoms with Crippen molar-refractivity contribution in [2.24, 2.45) is 0 Å². The molecule has 0 bridgehead atoms. The number of nitrogens with zero attached hydrogens (tertiary/aromatic N) is 4. The number of sulfonamides is 1. The molecule has 0 aliphatic carbocycles. The standard InChI is InChI=1S/C24H28N4O3S/c29-24(19-26-18-23(25-20-26)32(30,31)28-14-7-8-15-28)27(17-22-11-5-2-6-12-22)16-13-21-9-3-1-4-10-21/h1-6,9-12,18,20H,7-8,13-17,19H2.